The maximum absolute atomic E-state index is 5.73. The van der Waals surface area contributed by atoms with E-state index >= 15 is 0 Å². The average molecular weight is 448 g/mol. The minimum atomic E-state index is 0.650. The Labute approximate surface area is 171 Å². The fraction of sp³-hybridized carbons (Fsp3) is 0.300. The zero-order valence-electron chi connectivity index (χ0n) is 15.4. The van der Waals surface area contributed by atoms with E-state index < -0.39 is 0 Å². The largest absolute Gasteiger partial charge is 0.494 e. The lowest BCUT2D eigenvalue weighted by molar-refractivity contribution is 0.336. The van der Waals surface area contributed by atoms with E-state index in [0.717, 1.165) is 45.3 Å². The van der Waals surface area contributed by atoms with Crippen molar-refractivity contribution in [2.24, 2.45) is 0 Å². The molecule has 0 spiro atoms. The van der Waals surface area contributed by atoms with Crippen LogP contribution in [0.3, 0.4) is 0 Å². The summed E-state index contributed by atoms with van der Waals surface area (Å²) in [7, 11) is 0. The van der Waals surface area contributed by atoms with Gasteiger partial charge in [-0.3, -0.25) is 0 Å². The molecular formula is C20H22BrN3O2S. The molecule has 142 valence electrons. The van der Waals surface area contributed by atoms with Gasteiger partial charge in [0.15, 0.2) is 0 Å². The highest BCUT2D eigenvalue weighted by atomic mass is 79.9. The van der Waals surface area contributed by atoms with Crippen LogP contribution in [-0.4, -0.2) is 29.7 Å². The molecule has 3 rings (SSSR count). The van der Waals surface area contributed by atoms with Crippen molar-refractivity contribution in [3.63, 3.8) is 0 Å². The Kier molecular flexibility index (Phi) is 7.06. The Balaban J connectivity index is 1.63. The first-order valence-electron chi connectivity index (χ1n) is 8.88. The van der Waals surface area contributed by atoms with Crippen LogP contribution >= 0.6 is 27.3 Å². The number of ether oxygens (including phenoxy) is 2. The fourth-order valence-corrected chi connectivity index (χ4v) is 3.77. The van der Waals surface area contributed by atoms with Crippen molar-refractivity contribution in [3.05, 3.63) is 52.1 Å². The van der Waals surface area contributed by atoms with Gasteiger partial charge in [0.1, 0.15) is 23.6 Å². The molecule has 0 saturated heterocycles. The van der Waals surface area contributed by atoms with Crippen molar-refractivity contribution in [3.8, 4) is 22.1 Å². The summed E-state index contributed by atoms with van der Waals surface area (Å²) in [6.07, 6.45) is 2.43. The number of aromatic nitrogens is 2. The van der Waals surface area contributed by atoms with Gasteiger partial charge in [0.25, 0.3) is 0 Å². The molecule has 0 radical (unpaired) electrons. The minimum Gasteiger partial charge on any atom is -0.494 e. The number of anilines is 1. The van der Waals surface area contributed by atoms with Gasteiger partial charge in [-0.1, -0.05) is 22.0 Å². The van der Waals surface area contributed by atoms with E-state index in [1.807, 2.05) is 43.5 Å². The first kappa shape index (κ1) is 19.6. The number of hydrogen-bond donors (Lipinski definition) is 1. The van der Waals surface area contributed by atoms with Crippen LogP contribution < -0.4 is 14.8 Å². The van der Waals surface area contributed by atoms with Crippen molar-refractivity contribution < 1.29 is 9.47 Å². The van der Waals surface area contributed by atoms with Crippen LogP contribution in [0.1, 0.15) is 19.4 Å². The van der Waals surface area contributed by atoms with Gasteiger partial charge in [-0.2, -0.15) is 0 Å². The molecule has 0 atom stereocenters. The zero-order valence-corrected chi connectivity index (χ0v) is 17.8. The Hall–Kier alpha value is -2.12. The van der Waals surface area contributed by atoms with Gasteiger partial charge in [-0.05, 0) is 38.0 Å². The summed E-state index contributed by atoms with van der Waals surface area (Å²) in [4.78, 5) is 9.77. The van der Waals surface area contributed by atoms with Crippen molar-refractivity contribution >= 4 is 33.1 Å². The second-order valence-corrected chi connectivity index (χ2v) is 7.56. The molecule has 5 nitrogen and oxygen atoms in total. The molecule has 2 heterocycles. The monoisotopic (exact) mass is 447 g/mol. The molecule has 0 aliphatic heterocycles. The van der Waals surface area contributed by atoms with E-state index in [-0.39, 0.29) is 0 Å². The fourth-order valence-electron chi connectivity index (χ4n) is 2.63. The Morgan fingerprint density at radius 3 is 2.74 bits per heavy atom. The number of nitrogens with one attached hydrogen (secondary N) is 1. The Morgan fingerprint density at radius 1 is 1.07 bits per heavy atom. The summed E-state index contributed by atoms with van der Waals surface area (Å²) in [5, 5.41) is 5.37. The number of halogens is 1. The van der Waals surface area contributed by atoms with E-state index in [0.29, 0.717) is 13.2 Å². The number of benzene rings is 1. The van der Waals surface area contributed by atoms with Crippen LogP contribution in [0.4, 0.5) is 5.82 Å². The molecule has 2 aromatic heterocycles. The topological polar surface area (TPSA) is 56.3 Å². The van der Waals surface area contributed by atoms with Gasteiger partial charge in [-0.15, -0.1) is 11.3 Å². The number of nitrogens with zero attached hydrogens (tertiary/aromatic N) is 2. The standard InChI is InChI=1S/C20H22BrN3O2S/c1-3-25-16-10-19(27-12-16)17-11-20(24-13-23-17)22-8-7-14-5-6-15(21)9-18(14)26-4-2/h5-6,9-13H,3-4,7-8H2,1-2H3,(H,22,23,24). The van der Waals surface area contributed by atoms with Crippen LogP contribution in [-0.2, 0) is 6.42 Å². The van der Waals surface area contributed by atoms with Gasteiger partial charge < -0.3 is 14.8 Å². The lowest BCUT2D eigenvalue weighted by Gasteiger charge is -2.11. The van der Waals surface area contributed by atoms with Crippen LogP contribution in [0.2, 0.25) is 0 Å². The molecule has 0 fully saturated rings. The summed E-state index contributed by atoms with van der Waals surface area (Å²) in [6.45, 7) is 6.04. The molecule has 0 amide bonds. The van der Waals surface area contributed by atoms with Crippen LogP contribution in [0.25, 0.3) is 10.6 Å². The normalized spacial score (nSPS) is 10.6. The highest BCUT2D eigenvalue weighted by Gasteiger charge is 2.08. The van der Waals surface area contributed by atoms with Crippen LogP contribution in [0.15, 0.2) is 46.5 Å². The number of thiophene rings is 1. The molecule has 0 saturated carbocycles. The second-order valence-electron chi connectivity index (χ2n) is 5.73. The van der Waals surface area contributed by atoms with E-state index in [9.17, 15) is 0 Å². The smallest absolute Gasteiger partial charge is 0.130 e. The van der Waals surface area contributed by atoms with E-state index in [1.165, 1.54) is 5.56 Å². The van der Waals surface area contributed by atoms with Crippen LogP contribution in [0, 0.1) is 0 Å². The summed E-state index contributed by atoms with van der Waals surface area (Å²) < 4.78 is 12.3. The third kappa shape index (κ3) is 5.43. The molecule has 3 aromatic rings. The van der Waals surface area contributed by atoms with Crippen LogP contribution in [0.5, 0.6) is 11.5 Å². The summed E-state index contributed by atoms with van der Waals surface area (Å²) in [6, 6.07) is 10.1. The third-order valence-corrected chi connectivity index (χ3v) is 5.26. The van der Waals surface area contributed by atoms with E-state index in [4.69, 9.17) is 9.47 Å². The molecule has 0 aliphatic carbocycles. The predicted molar refractivity (Wildman–Crippen MR) is 114 cm³/mol. The Bertz CT molecular complexity index is 885. The number of rotatable bonds is 9. The first-order valence-corrected chi connectivity index (χ1v) is 10.6. The van der Waals surface area contributed by atoms with Gasteiger partial charge in [-0.25, -0.2) is 9.97 Å². The van der Waals surface area contributed by atoms with Crippen molar-refractivity contribution in [2.45, 2.75) is 20.3 Å². The lowest BCUT2D eigenvalue weighted by Crippen LogP contribution is -2.08. The molecular weight excluding hydrogens is 426 g/mol. The number of hydrogen-bond acceptors (Lipinski definition) is 6. The molecule has 7 heteroatoms. The highest BCUT2D eigenvalue weighted by Crippen LogP contribution is 2.30. The molecule has 0 bridgehead atoms. The summed E-state index contributed by atoms with van der Waals surface area (Å²) in [5.41, 5.74) is 2.06. The minimum absolute atomic E-state index is 0.650. The van der Waals surface area contributed by atoms with E-state index in [2.05, 4.69) is 37.3 Å². The summed E-state index contributed by atoms with van der Waals surface area (Å²) >= 11 is 5.11. The molecule has 27 heavy (non-hydrogen) atoms. The first-order chi connectivity index (χ1) is 13.2. The zero-order chi connectivity index (χ0) is 19.1. The van der Waals surface area contributed by atoms with E-state index in [1.54, 1.807) is 17.7 Å². The lowest BCUT2D eigenvalue weighted by atomic mass is 10.1. The maximum atomic E-state index is 5.73. The highest BCUT2D eigenvalue weighted by molar-refractivity contribution is 9.10. The van der Waals surface area contributed by atoms with Crippen molar-refractivity contribution in [2.75, 3.05) is 25.1 Å². The summed E-state index contributed by atoms with van der Waals surface area (Å²) in [5.74, 6) is 2.60. The SMILES string of the molecule is CCOc1csc(-c2cc(NCCc3ccc(Br)cc3OCC)ncn2)c1. The van der Waals surface area contributed by atoms with Gasteiger partial charge in [0.2, 0.25) is 0 Å². The second kappa shape index (κ2) is 9.71. The van der Waals surface area contributed by atoms with Crippen molar-refractivity contribution in [1.29, 1.82) is 0 Å². The van der Waals surface area contributed by atoms with Gasteiger partial charge >= 0.3 is 0 Å². The molecule has 1 aromatic carbocycles. The average Bonchev–Trinajstić information content (AvgIpc) is 3.13. The van der Waals surface area contributed by atoms with Gasteiger partial charge in [0, 0.05) is 28.5 Å². The maximum Gasteiger partial charge on any atom is 0.130 e. The predicted octanol–water partition coefficient (Wildman–Crippen LogP) is 5.42. The molecule has 1 N–H and O–H groups in total. The van der Waals surface area contributed by atoms with Gasteiger partial charge in [0.05, 0.1) is 23.8 Å². The molecule has 0 unspecified atom stereocenters. The van der Waals surface area contributed by atoms with Crippen molar-refractivity contribution in [1.82, 2.24) is 9.97 Å². The molecule has 0 aliphatic rings. The quantitative estimate of drug-likeness (QED) is 0.474. The Morgan fingerprint density at radius 2 is 1.93 bits per heavy atom. The third-order valence-electron chi connectivity index (χ3n) is 3.84.